The summed E-state index contributed by atoms with van der Waals surface area (Å²) in [6, 6.07) is 15.3. The highest BCUT2D eigenvalue weighted by Gasteiger charge is 2.45. The Bertz CT molecular complexity index is 1020. The Kier molecular flexibility index (Phi) is 5.84. The maximum absolute atomic E-state index is 13.6. The number of anilines is 1. The van der Waals surface area contributed by atoms with Gasteiger partial charge in [-0.1, -0.05) is 37.5 Å². The summed E-state index contributed by atoms with van der Waals surface area (Å²) in [7, 11) is 0. The number of carbonyl (C=O) groups is 2. The lowest BCUT2D eigenvalue weighted by Crippen LogP contribution is -2.43. The summed E-state index contributed by atoms with van der Waals surface area (Å²) >= 11 is 0. The fourth-order valence-electron chi connectivity index (χ4n) is 4.54. The molecule has 0 bridgehead atoms. The summed E-state index contributed by atoms with van der Waals surface area (Å²) in [5.74, 6) is -0.592. The zero-order chi connectivity index (χ0) is 22.0. The van der Waals surface area contributed by atoms with Crippen molar-refractivity contribution in [3.05, 3.63) is 76.0 Å². The van der Waals surface area contributed by atoms with E-state index in [0.29, 0.717) is 23.4 Å². The van der Waals surface area contributed by atoms with E-state index in [0.717, 1.165) is 37.8 Å². The summed E-state index contributed by atoms with van der Waals surface area (Å²) in [5.41, 5.74) is 1.95. The van der Waals surface area contributed by atoms with Crippen LogP contribution in [0.4, 0.5) is 11.4 Å². The summed E-state index contributed by atoms with van der Waals surface area (Å²) in [4.78, 5) is 41.1. The van der Waals surface area contributed by atoms with Crippen LogP contribution in [0.3, 0.4) is 0 Å². The van der Waals surface area contributed by atoms with E-state index in [1.54, 1.807) is 12.1 Å². The maximum Gasteiger partial charge on any atom is 0.278 e. The minimum absolute atomic E-state index is 0.0535. The molecular formula is C24H25N3O4. The Morgan fingerprint density at radius 3 is 2.19 bits per heavy atom. The van der Waals surface area contributed by atoms with E-state index in [9.17, 15) is 19.7 Å². The lowest BCUT2D eigenvalue weighted by molar-refractivity contribution is -0.384. The van der Waals surface area contributed by atoms with Crippen molar-refractivity contribution in [2.75, 3.05) is 11.4 Å². The number of hydrogen-bond acceptors (Lipinski definition) is 5. The first kappa shape index (κ1) is 20.8. The van der Waals surface area contributed by atoms with Crippen LogP contribution in [-0.2, 0) is 9.59 Å². The lowest BCUT2D eigenvalue weighted by atomic mass is 9.94. The third kappa shape index (κ3) is 3.83. The molecule has 2 amide bonds. The molecule has 4 rings (SSSR count). The van der Waals surface area contributed by atoms with Gasteiger partial charge in [-0.15, -0.1) is 0 Å². The minimum atomic E-state index is -0.475. The minimum Gasteiger partial charge on any atom is -0.337 e. The average molecular weight is 419 g/mol. The van der Waals surface area contributed by atoms with Crippen molar-refractivity contribution in [1.82, 2.24) is 4.90 Å². The molecule has 31 heavy (non-hydrogen) atoms. The fraction of sp³-hybridized carbons (Fsp3) is 0.333. The third-order valence-electron chi connectivity index (χ3n) is 6.05. The Morgan fingerprint density at radius 1 is 0.968 bits per heavy atom. The first-order valence-corrected chi connectivity index (χ1v) is 10.7. The molecule has 2 aliphatic rings. The summed E-state index contributed by atoms with van der Waals surface area (Å²) in [6.07, 6.45) is 4.75. The van der Waals surface area contributed by atoms with Gasteiger partial charge in [0.2, 0.25) is 0 Å². The van der Waals surface area contributed by atoms with Crippen molar-refractivity contribution in [1.29, 1.82) is 0 Å². The first-order valence-electron chi connectivity index (χ1n) is 10.7. The smallest absolute Gasteiger partial charge is 0.278 e. The van der Waals surface area contributed by atoms with Gasteiger partial charge in [0.05, 0.1) is 10.5 Å². The van der Waals surface area contributed by atoms with E-state index in [-0.39, 0.29) is 23.5 Å². The van der Waals surface area contributed by atoms with Crippen LogP contribution in [0, 0.1) is 10.1 Å². The molecule has 7 nitrogen and oxygen atoms in total. The van der Waals surface area contributed by atoms with Gasteiger partial charge >= 0.3 is 0 Å². The van der Waals surface area contributed by atoms with Crippen LogP contribution >= 0.6 is 0 Å². The maximum atomic E-state index is 13.6. The van der Waals surface area contributed by atoms with E-state index in [4.69, 9.17) is 0 Å². The molecule has 0 spiro atoms. The first-order chi connectivity index (χ1) is 15.0. The zero-order valence-corrected chi connectivity index (χ0v) is 17.5. The molecule has 160 valence electrons. The van der Waals surface area contributed by atoms with E-state index in [2.05, 4.69) is 0 Å². The van der Waals surface area contributed by atoms with Gasteiger partial charge in [0, 0.05) is 30.4 Å². The predicted molar refractivity (Wildman–Crippen MR) is 118 cm³/mol. The number of carbonyl (C=O) groups excluding carboxylic acids is 2. The monoisotopic (exact) mass is 419 g/mol. The number of imide groups is 1. The number of hydrogen-bond donors (Lipinski definition) is 0. The van der Waals surface area contributed by atoms with Crippen LogP contribution in [0.2, 0.25) is 0 Å². The van der Waals surface area contributed by atoms with Crippen LogP contribution < -0.4 is 4.90 Å². The molecule has 0 saturated heterocycles. The van der Waals surface area contributed by atoms with Crippen molar-refractivity contribution in [2.24, 2.45) is 0 Å². The van der Waals surface area contributed by atoms with Crippen molar-refractivity contribution in [3.8, 4) is 0 Å². The predicted octanol–water partition coefficient (Wildman–Crippen LogP) is 4.53. The Balaban J connectivity index is 1.83. The zero-order valence-electron chi connectivity index (χ0n) is 17.5. The second-order valence-electron chi connectivity index (χ2n) is 7.88. The standard InChI is InChI=1S/C24H25N3O4/c1-2-25(18-9-5-3-6-10-18)22-21(17-13-15-20(16-14-17)27(30)31)23(28)26(24(22)29)19-11-7-4-8-12-19/h3,5-6,9-10,13-16,19H,2,4,7-8,11-12H2,1H3. The van der Waals surface area contributed by atoms with E-state index >= 15 is 0 Å². The molecule has 1 aliphatic heterocycles. The van der Waals surface area contributed by atoms with Crippen LogP contribution in [0.25, 0.3) is 5.57 Å². The highest BCUT2D eigenvalue weighted by molar-refractivity contribution is 6.37. The molecule has 1 heterocycles. The van der Waals surface area contributed by atoms with Crippen molar-refractivity contribution >= 4 is 28.8 Å². The molecule has 0 N–H and O–H groups in total. The van der Waals surface area contributed by atoms with Crippen LogP contribution in [0.1, 0.15) is 44.6 Å². The highest BCUT2D eigenvalue weighted by atomic mass is 16.6. The summed E-state index contributed by atoms with van der Waals surface area (Å²) in [6.45, 7) is 2.45. The van der Waals surface area contributed by atoms with Crippen LogP contribution in [0.15, 0.2) is 60.3 Å². The van der Waals surface area contributed by atoms with Crippen molar-refractivity contribution < 1.29 is 14.5 Å². The molecule has 2 aromatic rings. The SMILES string of the molecule is CCN(C1=C(c2ccc([N+](=O)[O-])cc2)C(=O)N(C2CCCCC2)C1=O)c1ccccc1. The molecule has 1 fully saturated rings. The van der Waals surface area contributed by atoms with Gasteiger partial charge in [-0.3, -0.25) is 24.6 Å². The second-order valence-corrected chi connectivity index (χ2v) is 7.88. The second kappa shape index (κ2) is 8.71. The van der Waals surface area contributed by atoms with Gasteiger partial charge in [0.15, 0.2) is 0 Å². The van der Waals surface area contributed by atoms with E-state index in [1.807, 2.05) is 42.2 Å². The van der Waals surface area contributed by atoms with Gasteiger partial charge in [-0.25, -0.2) is 0 Å². The number of non-ortho nitro benzene ring substituents is 1. The molecule has 7 heteroatoms. The number of rotatable bonds is 6. The van der Waals surface area contributed by atoms with Gasteiger partial charge < -0.3 is 4.90 Å². The quantitative estimate of drug-likeness (QED) is 0.390. The molecule has 0 aromatic heterocycles. The molecule has 1 saturated carbocycles. The number of amides is 2. The number of nitrogens with zero attached hydrogens (tertiary/aromatic N) is 3. The number of para-hydroxylation sites is 1. The fourth-order valence-corrected chi connectivity index (χ4v) is 4.54. The Hall–Kier alpha value is -3.48. The highest BCUT2D eigenvalue weighted by Crippen LogP contribution is 2.38. The number of likely N-dealkylation sites (N-methyl/N-ethyl adjacent to an activating group) is 1. The molecule has 1 aliphatic carbocycles. The molecule has 0 unspecified atom stereocenters. The van der Waals surface area contributed by atoms with Gasteiger partial charge in [-0.2, -0.15) is 0 Å². The van der Waals surface area contributed by atoms with Crippen LogP contribution in [-0.4, -0.2) is 34.2 Å². The van der Waals surface area contributed by atoms with Gasteiger partial charge in [0.1, 0.15) is 5.70 Å². The number of benzene rings is 2. The molecule has 0 radical (unpaired) electrons. The van der Waals surface area contributed by atoms with E-state index in [1.165, 1.54) is 17.0 Å². The summed E-state index contributed by atoms with van der Waals surface area (Å²) < 4.78 is 0. The van der Waals surface area contributed by atoms with Gasteiger partial charge in [0.25, 0.3) is 17.5 Å². The lowest BCUT2D eigenvalue weighted by Gasteiger charge is -2.31. The normalized spacial score (nSPS) is 17.4. The van der Waals surface area contributed by atoms with Crippen LogP contribution in [0.5, 0.6) is 0 Å². The molecular weight excluding hydrogens is 394 g/mol. The Labute approximate surface area is 181 Å². The van der Waals surface area contributed by atoms with Crippen molar-refractivity contribution in [2.45, 2.75) is 45.1 Å². The number of nitro benzene ring substituents is 1. The molecule has 0 atom stereocenters. The number of nitro groups is 1. The van der Waals surface area contributed by atoms with Crippen molar-refractivity contribution in [3.63, 3.8) is 0 Å². The largest absolute Gasteiger partial charge is 0.337 e. The average Bonchev–Trinajstić information content (AvgIpc) is 3.05. The topological polar surface area (TPSA) is 83.8 Å². The Morgan fingerprint density at radius 2 is 1.61 bits per heavy atom. The third-order valence-corrected chi connectivity index (χ3v) is 6.05. The van der Waals surface area contributed by atoms with Gasteiger partial charge in [-0.05, 0) is 49.6 Å². The van der Waals surface area contributed by atoms with E-state index < -0.39 is 4.92 Å². The molecule has 2 aromatic carbocycles. The summed E-state index contributed by atoms with van der Waals surface area (Å²) in [5, 5.41) is 11.1.